The SMILES string of the molecule is C[C@@H](C(=O)[C@@H](O[Si](C)(C)C(C)(C)C)C1CCCCC1)[C@@H](O)CCOCc1ccccc1. The van der Waals surface area contributed by atoms with Gasteiger partial charge in [-0.1, -0.05) is 77.3 Å². The van der Waals surface area contributed by atoms with Crippen LogP contribution >= 0.6 is 0 Å². The molecular weight excluding hydrogens is 404 g/mol. The zero-order valence-corrected chi connectivity index (χ0v) is 21.5. The van der Waals surface area contributed by atoms with Crippen LogP contribution in [-0.2, 0) is 20.6 Å². The number of aliphatic hydroxyl groups is 1. The van der Waals surface area contributed by atoms with E-state index >= 15 is 0 Å². The Bertz CT molecular complexity index is 662. The van der Waals surface area contributed by atoms with Gasteiger partial charge in [-0.15, -0.1) is 0 Å². The Kier molecular flexibility index (Phi) is 9.93. The minimum absolute atomic E-state index is 0.0489. The van der Waals surface area contributed by atoms with E-state index in [4.69, 9.17) is 9.16 Å². The maximum atomic E-state index is 13.5. The number of aliphatic hydroxyl groups excluding tert-OH is 1. The van der Waals surface area contributed by atoms with E-state index in [1.807, 2.05) is 37.3 Å². The molecule has 0 radical (unpaired) electrons. The Morgan fingerprint density at radius 3 is 2.32 bits per heavy atom. The molecule has 0 bridgehead atoms. The first kappa shape index (κ1) is 26.2. The molecule has 0 unspecified atom stereocenters. The van der Waals surface area contributed by atoms with Crippen molar-refractivity contribution < 1.29 is 19.1 Å². The fourth-order valence-corrected chi connectivity index (χ4v) is 5.28. The molecule has 1 saturated carbocycles. The van der Waals surface area contributed by atoms with Gasteiger partial charge in [-0.3, -0.25) is 4.79 Å². The van der Waals surface area contributed by atoms with E-state index in [1.54, 1.807) is 0 Å². The number of ketones is 1. The lowest BCUT2D eigenvalue weighted by Crippen LogP contribution is -2.50. The molecule has 4 nitrogen and oxygen atoms in total. The molecule has 0 aromatic heterocycles. The maximum absolute atomic E-state index is 13.5. The summed E-state index contributed by atoms with van der Waals surface area (Å²) in [5, 5.41) is 10.8. The predicted molar refractivity (Wildman–Crippen MR) is 130 cm³/mol. The van der Waals surface area contributed by atoms with Crippen molar-refractivity contribution in [1.82, 2.24) is 0 Å². The fraction of sp³-hybridized carbons (Fsp3) is 0.731. The lowest BCUT2D eigenvalue weighted by atomic mass is 9.80. The minimum Gasteiger partial charge on any atom is -0.407 e. The molecule has 1 aromatic carbocycles. The van der Waals surface area contributed by atoms with Crippen molar-refractivity contribution in [3.63, 3.8) is 0 Å². The first-order valence-electron chi connectivity index (χ1n) is 12.0. The van der Waals surface area contributed by atoms with Gasteiger partial charge in [-0.2, -0.15) is 0 Å². The molecule has 0 saturated heterocycles. The van der Waals surface area contributed by atoms with Gasteiger partial charge < -0.3 is 14.3 Å². The van der Waals surface area contributed by atoms with E-state index in [9.17, 15) is 9.90 Å². The van der Waals surface area contributed by atoms with Gasteiger partial charge in [0.1, 0.15) is 6.10 Å². The third-order valence-corrected chi connectivity index (χ3v) is 11.7. The molecule has 0 amide bonds. The Labute approximate surface area is 190 Å². The van der Waals surface area contributed by atoms with E-state index in [1.165, 1.54) is 19.3 Å². The molecule has 3 atom stereocenters. The number of carbonyl (C=O) groups is 1. The predicted octanol–water partition coefficient (Wildman–Crippen LogP) is 6.13. The molecule has 5 heteroatoms. The lowest BCUT2D eigenvalue weighted by molar-refractivity contribution is -0.137. The number of Topliss-reactive ketones (excluding diaryl/α,β-unsaturated/α-hetero) is 1. The van der Waals surface area contributed by atoms with Crippen molar-refractivity contribution in [3.05, 3.63) is 35.9 Å². The summed E-state index contributed by atoms with van der Waals surface area (Å²) >= 11 is 0. The molecule has 0 spiro atoms. The number of carbonyl (C=O) groups excluding carboxylic acids is 1. The third kappa shape index (κ3) is 7.81. The summed E-state index contributed by atoms with van der Waals surface area (Å²) in [7, 11) is -2.09. The van der Waals surface area contributed by atoms with Crippen LogP contribution < -0.4 is 0 Å². The summed E-state index contributed by atoms with van der Waals surface area (Å²) in [5.74, 6) is -0.0938. The Balaban J connectivity index is 1.97. The minimum atomic E-state index is -2.09. The van der Waals surface area contributed by atoms with Crippen LogP contribution in [0.2, 0.25) is 18.1 Å². The van der Waals surface area contributed by atoms with Gasteiger partial charge in [0.05, 0.1) is 12.7 Å². The van der Waals surface area contributed by atoms with Crippen molar-refractivity contribution in [2.45, 2.75) is 103 Å². The molecule has 1 N–H and O–H groups in total. The first-order valence-corrected chi connectivity index (χ1v) is 14.9. The number of rotatable bonds is 11. The molecule has 0 aliphatic heterocycles. The van der Waals surface area contributed by atoms with Crippen molar-refractivity contribution in [2.24, 2.45) is 11.8 Å². The summed E-state index contributed by atoms with van der Waals surface area (Å²) in [6, 6.07) is 10.0. The molecular formula is C26H44O4Si. The Hall–Kier alpha value is -1.01. The number of hydrogen-bond donors (Lipinski definition) is 1. The van der Waals surface area contributed by atoms with Gasteiger partial charge in [0.2, 0.25) is 0 Å². The van der Waals surface area contributed by atoms with E-state index in [0.29, 0.717) is 19.6 Å². The average molecular weight is 449 g/mol. The maximum Gasteiger partial charge on any atom is 0.193 e. The molecule has 1 aliphatic rings. The summed E-state index contributed by atoms with van der Waals surface area (Å²) in [5.41, 5.74) is 1.11. The van der Waals surface area contributed by atoms with E-state index in [2.05, 4.69) is 33.9 Å². The second-order valence-electron chi connectivity index (χ2n) is 10.8. The number of hydrogen-bond acceptors (Lipinski definition) is 4. The van der Waals surface area contributed by atoms with Gasteiger partial charge in [0, 0.05) is 12.5 Å². The smallest absolute Gasteiger partial charge is 0.193 e. The topological polar surface area (TPSA) is 55.8 Å². The second-order valence-corrected chi connectivity index (χ2v) is 15.5. The summed E-state index contributed by atoms with van der Waals surface area (Å²) in [6.45, 7) is 13.9. The van der Waals surface area contributed by atoms with Crippen molar-refractivity contribution >= 4 is 14.1 Å². The Morgan fingerprint density at radius 2 is 1.74 bits per heavy atom. The molecule has 1 fully saturated rings. The van der Waals surface area contributed by atoms with Crippen LogP contribution in [0.1, 0.15) is 71.8 Å². The highest BCUT2D eigenvalue weighted by Crippen LogP contribution is 2.40. The molecule has 0 heterocycles. The molecule has 31 heavy (non-hydrogen) atoms. The quantitative estimate of drug-likeness (QED) is 0.327. The van der Waals surface area contributed by atoms with Crippen molar-refractivity contribution in [1.29, 1.82) is 0 Å². The zero-order valence-electron chi connectivity index (χ0n) is 20.5. The van der Waals surface area contributed by atoms with Crippen molar-refractivity contribution in [2.75, 3.05) is 6.61 Å². The highest BCUT2D eigenvalue weighted by atomic mass is 28.4. The van der Waals surface area contributed by atoms with E-state index < -0.39 is 26.4 Å². The van der Waals surface area contributed by atoms with Crippen LogP contribution in [-0.4, -0.2) is 38.0 Å². The molecule has 1 aliphatic carbocycles. The summed E-state index contributed by atoms with van der Waals surface area (Å²) < 4.78 is 12.4. The second kappa shape index (κ2) is 11.7. The largest absolute Gasteiger partial charge is 0.407 e. The fourth-order valence-electron chi connectivity index (χ4n) is 3.98. The van der Waals surface area contributed by atoms with E-state index in [0.717, 1.165) is 18.4 Å². The van der Waals surface area contributed by atoms with Crippen LogP contribution in [0.25, 0.3) is 0 Å². The number of ether oxygens (including phenoxy) is 1. The van der Waals surface area contributed by atoms with Gasteiger partial charge >= 0.3 is 0 Å². The third-order valence-electron chi connectivity index (χ3n) is 7.28. The van der Waals surface area contributed by atoms with Crippen LogP contribution in [0, 0.1) is 11.8 Å². The van der Waals surface area contributed by atoms with Crippen LogP contribution in [0.5, 0.6) is 0 Å². The molecule has 176 valence electrons. The first-order chi connectivity index (χ1) is 14.5. The Morgan fingerprint density at radius 1 is 1.13 bits per heavy atom. The zero-order chi connectivity index (χ0) is 23.1. The summed E-state index contributed by atoms with van der Waals surface area (Å²) in [4.78, 5) is 13.5. The van der Waals surface area contributed by atoms with Crippen LogP contribution in [0.4, 0.5) is 0 Å². The molecule has 1 aromatic rings. The van der Waals surface area contributed by atoms with Crippen LogP contribution in [0.3, 0.4) is 0 Å². The van der Waals surface area contributed by atoms with Gasteiger partial charge in [0.25, 0.3) is 0 Å². The van der Waals surface area contributed by atoms with Gasteiger partial charge in [0.15, 0.2) is 14.1 Å². The normalized spacial score (nSPS) is 19.1. The van der Waals surface area contributed by atoms with Crippen molar-refractivity contribution in [3.8, 4) is 0 Å². The van der Waals surface area contributed by atoms with E-state index in [-0.39, 0.29) is 16.7 Å². The van der Waals surface area contributed by atoms with Gasteiger partial charge in [-0.25, -0.2) is 0 Å². The number of benzene rings is 1. The molecule has 2 rings (SSSR count). The van der Waals surface area contributed by atoms with Crippen LogP contribution in [0.15, 0.2) is 30.3 Å². The highest BCUT2D eigenvalue weighted by Gasteiger charge is 2.44. The monoisotopic (exact) mass is 448 g/mol. The highest BCUT2D eigenvalue weighted by molar-refractivity contribution is 6.74. The average Bonchev–Trinajstić information content (AvgIpc) is 2.74. The van der Waals surface area contributed by atoms with Gasteiger partial charge in [-0.05, 0) is 48.9 Å². The summed E-state index contributed by atoms with van der Waals surface area (Å²) in [6.07, 6.45) is 5.03. The lowest BCUT2D eigenvalue weighted by Gasteiger charge is -2.42. The standard InChI is InChI=1S/C26H44O4Si/c1-20(23(27)17-18-29-19-21-13-9-7-10-14-21)24(28)25(22-15-11-8-12-16-22)30-31(5,6)26(2,3)4/h7,9-10,13-14,20,22-23,25,27H,8,11-12,15-19H2,1-6H3/t20-,23+,25+/m1/s1.